The second-order valence-electron chi connectivity index (χ2n) is 9.25. The first-order chi connectivity index (χ1) is 19.9. The number of alkyl halides is 9. The normalized spacial score (nSPS) is 18.4. The van der Waals surface area contributed by atoms with Crippen LogP contribution in [0.25, 0.3) is 5.76 Å². The van der Waals surface area contributed by atoms with Crippen molar-refractivity contribution >= 4 is 33.0 Å². The predicted octanol–water partition coefficient (Wildman–Crippen LogP) is 7.54. The van der Waals surface area contributed by atoms with Gasteiger partial charge in [0.15, 0.2) is 6.10 Å². The van der Waals surface area contributed by atoms with Gasteiger partial charge in [0.1, 0.15) is 16.4 Å². The van der Waals surface area contributed by atoms with Crippen LogP contribution in [0.15, 0.2) is 89.8 Å². The smallest absolute Gasteiger partial charge is 0.417 e. The van der Waals surface area contributed by atoms with E-state index in [1.54, 1.807) is 0 Å². The lowest BCUT2D eigenvalue weighted by Crippen LogP contribution is -2.63. The van der Waals surface area contributed by atoms with Crippen LogP contribution in [-0.2, 0) is 14.6 Å². The van der Waals surface area contributed by atoms with Gasteiger partial charge in [-0.3, -0.25) is 4.79 Å². The fourth-order valence-corrected chi connectivity index (χ4v) is 6.26. The molecule has 0 aliphatic carbocycles. The Morgan fingerprint density at radius 3 is 1.79 bits per heavy atom. The summed E-state index contributed by atoms with van der Waals surface area (Å²) in [6.45, 7) is 0. The van der Waals surface area contributed by atoms with Gasteiger partial charge in [-0.25, -0.2) is 8.42 Å². The van der Waals surface area contributed by atoms with Crippen LogP contribution in [0, 0.1) is 0 Å². The molecule has 0 spiro atoms. The monoisotopic (exact) mass is 654 g/mol. The van der Waals surface area contributed by atoms with E-state index in [0.29, 0.717) is 0 Å². The molecule has 2 atom stereocenters. The quantitative estimate of drug-likeness (QED) is 0.128. The average molecular weight is 655 g/mol. The molecule has 1 aliphatic rings. The van der Waals surface area contributed by atoms with E-state index in [2.05, 4.69) is 11.6 Å². The topological polar surface area (TPSA) is 69.7 Å². The van der Waals surface area contributed by atoms with E-state index in [4.69, 9.17) is 9.47 Å². The molecule has 0 saturated carbocycles. The Morgan fingerprint density at radius 2 is 1.30 bits per heavy atom. The minimum atomic E-state index is -7.26. The van der Waals surface area contributed by atoms with Crippen LogP contribution < -0.4 is 4.74 Å². The number of hydrogen-bond donors (Lipinski definition) is 0. The predicted molar refractivity (Wildman–Crippen MR) is 139 cm³/mol. The van der Waals surface area contributed by atoms with E-state index in [1.165, 1.54) is 67.8 Å². The van der Waals surface area contributed by atoms with Gasteiger partial charge in [-0.15, -0.1) is 0 Å². The number of carbonyl (C=O) groups excluding carboxylic acids is 1. The van der Waals surface area contributed by atoms with Gasteiger partial charge in [-0.05, 0) is 29.3 Å². The van der Waals surface area contributed by atoms with E-state index in [0.717, 1.165) is 24.3 Å². The molecule has 43 heavy (non-hydrogen) atoms. The van der Waals surface area contributed by atoms with Crippen LogP contribution in [0.1, 0.15) is 27.4 Å². The zero-order chi connectivity index (χ0) is 32.0. The lowest BCUT2D eigenvalue weighted by atomic mass is 9.89. The maximum Gasteiger partial charge on any atom is 0.417 e. The maximum absolute atomic E-state index is 15.4. The fraction of sp³-hybridized carbons (Fsp3) is 0.250. The lowest BCUT2D eigenvalue weighted by Gasteiger charge is -2.34. The van der Waals surface area contributed by atoms with Crippen LogP contribution in [0.5, 0.6) is 5.75 Å². The molecular weight excluding hydrogens is 636 g/mol. The summed E-state index contributed by atoms with van der Waals surface area (Å²) in [5.74, 6) is -18.3. The van der Waals surface area contributed by atoms with Crippen molar-refractivity contribution in [2.24, 2.45) is 0 Å². The molecule has 0 N–H and O–H groups in total. The first-order valence-corrected chi connectivity index (χ1v) is 13.9. The highest BCUT2D eigenvalue weighted by molar-refractivity contribution is 7.96. The Labute approximate surface area is 244 Å². The molecule has 3 aromatic carbocycles. The van der Waals surface area contributed by atoms with Gasteiger partial charge in [0, 0.05) is 11.1 Å². The van der Waals surface area contributed by atoms with Crippen LogP contribution in [0.3, 0.4) is 0 Å². The van der Waals surface area contributed by atoms with Gasteiger partial charge in [0.2, 0.25) is 5.78 Å². The van der Waals surface area contributed by atoms with Crippen molar-refractivity contribution in [2.45, 2.75) is 34.5 Å². The Hall–Kier alpha value is -3.65. The molecule has 0 saturated heterocycles. The summed E-state index contributed by atoms with van der Waals surface area (Å²) in [7, 11) is -5.82. The summed E-state index contributed by atoms with van der Waals surface area (Å²) in [5.41, 5.74) is -0.702. The van der Waals surface area contributed by atoms with Crippen LogP contribution >= 0.6 is 11.6 Å². The summed E-state index contributed by atoms with van der Waals surface area (Å²) in [6, 6.07) is 17.8. The summed E-state index contributed by atoms with van der Waals surface area (Å²) in [6.07, 6.45) is -2.02. The molecule has 15 heteroatoms. The van der Waals surface area contributed by atoms with Crippen molar-refractivity contribution in [3.63, 3.8) is 0 Å². The molecule has 0 unspecified atom stereocenters. The number of halogens is 9. The van der Waals surface area contributed by atoms with Crippen LogP contribution in [-0.4, -0.2) is 49.9 Å². The Balaban J connectivity index is 2.04. The molecule has 0 radical (unpaired) electrons. The summed E-state index contributed by atoms with van der Waals surface area (Å²) in [4.78, 5) is 11.9. The molecule has 4 rings (SSSR count). The molecule has 3 aromatic rings. The number of ketones is 1. The van der Waals surface area contributed by atoms with Gasteiger partial charge in [-0.1, -0.05) is 72.8 Å². The Morgan fingerprint density at radius 1 is 0.791 bits per heavy atom. The largest absolute Gasteiger partial charge is 0.497 e. The lowest BCUT2D eigenvalue weighted by molar-refractivity contribution is -0.326. The number of ether oxygens (including phenoxy) is 2. The average Bonchev–Trinajstić information content (AvgIpc) is 3.38. The van der Waals surface area contributed by atoms with Gasteiger partial charge < -0.3 is 9.47 Å². The van der Waals surface area contributed by atoms with Crippen molar-refractivity contribution in [1.82, 2.24) is 0 Å². The number of Topliss-reactive ketones (excluding diaryl/α,β-unsaturated/α-hetero) is 1. The van der Waals surface area contributed by atoms with E-state index >= 15 is 8.78 Å². The van der Waals surface area contributed by atoms with E-state index < -0.39 is 60.8 Å². The van der Waals surface area contributed by atoms with Gasteiger partial charge in [0.25, 0.3) is 9.84 Å². The minimum absolute atomic E-state index is 0.109. The zero-order valence-corrected chi connectivity index (χ0v) is 23.2. The second kappa shape index (κ2) is 11.1. The molecule has 0 amide bonds. The highest BCUT2D eigenvalue weighted by Crippen LogP contribution is 2.59. The third-order valence-corrected chi connectivity index (χ3v) is 8.81. The highest BCUT2D eigenvalue weighted by Gasteiger charge is 2.85. The third-order valence-electron chi connectivity index (χ3n) is 6.62. The molecule has 0 aromatic heterocycles. The van der Waals surface area contributed by atoms with Crippen molar-refractivity contribution in [1.29, 1.82) is 0 Å². The van der Waals surface area contributed by atoms with Gasteiger partial charge >= 0.3 is 22.5 Å². The number of carbonyl (C=O) groups is 1. The van der Waals surface area contributed by atoms with Crippen molar-refractivity contribution in [3.8, 4) is 5.75 Å². The molecule has 230 valence electrons. The van der Waals surface area contributed by atoms with E-state index in [-0.39, 0.29) is 22.4 Å². The third kappa shape index (κ3) is 5.24. The van der Waals surface area contributed by atoms with Gasteiger partial charge in [-0.2, -0.15) is 35.1 Å². The van der Waals surface area contributed by atoms with E-state index in [9.17, 15) is 39.6 Å². The molecular formula is C28H19ClF8O5S. The SMILES string of the molecule is COc1ccc([C@@H]2C(S(=O)(=O)C(F)(F)C(F)(F)C(F)(F)C(F)(F)Cl)=C(c3ccccc3)O[C@H]2C(=O)c2ccccc2)cc1. The number of sulfone groups is 1. The molecule has 0 bridgehead atoms. The summed E-state index contributed by atoms with van der Waals surface area (Å²) >= 11 is 4.05. The number of methoxy groups -OCH3 is 1. The van der Waals surface area contributed by atoms with Crippen LogP contribution in [0.4, 0.5) is 35.1 Å². The minimum Gasteiger partial charge on any atom is -0.497 e. The Bertz CT molecular complexity index is 1630. The standard InChI is InChI=1S/C28H19ClF8O5S/c1-41-19-14-12-16(13-15-19)20-23(21(38)17-8-4-2-5-9-17)42-22(18-10-6-3-7-11-18)24(20)43(39,40)28(36,37)26(32,33)25(30,31)27(29,34)35/h2-15,20,23H,1H3/t20-,23+/m0/s1. The fourth-order valence-electron chi connectivity index (χ4n) is 4.40. The molecule has 1 heterocycles. The van der Waals surface area contributed by atoms with Crippen molar-refractivity contribution in [3.05, 3.63) is 107 Å². The first-order valence-electron chi connectivity index (χ1n) is 12.0. The number of hydrogen-bond acceptors (Lipinski definition) is 5. The Kier molecular flexibility index (Phi) is 8.35. The van der Waals surface area contributed by atoms with Crippen molar-refractivity contribution < 1.29 is 57.8 Å². The van der Waals surface area contributed by atoms with Gasteiger partial charge in [0.05, 0.1) is 13.0 Å². The van der Waals surface area contributed by atoms with Crippen LogP contribution in [0.2, 0.25) is 0 Å². The first kappa shape index (κ1) is 32.3. The summed E-state index contributed by atoms with van der Waals surface area (Å²) < 4.78 is 153. The number of benzene rings is 3. The highest BCUT2D eigenvalue weighted by atomic mass is 35.5. The van der Waals surface area contributed by atoms with Crippen molar-refractivity contribution in [2.75, 3.05) is 7.11 Å². The summed E-state index contributed by atoms with van der Waals surface area (Å²) in [5, 5.41) is -13.2. The molecule has 5 nitrogen and oxygen atoms in total. The number of rotatable bonds is 10. The molecule has 1 aliphatic heterocycles. The van der Waals surface area contributed by atoms with E-state index in [1.807, 2.05) is 0 Å². The molecule has 0 fully saturated rings. The maximum atomic E-state index is 15.4. The zero-order valence-electron chi connectivity index (χ0n) is 21.6. The second-order valence-corrected chi connectivity index (χ2v) is 11.7.